The number of hydrogen-bond donors (Lipinski definition) is 0. The molecule has 1 aliphatic rings. The third-order valence-electron chi connectivity index (χ3n) is 6.07. The number of carbonyl (C=O) groups excluding carboxylic acids is 1. The first-order valence-electron chi connectivity index (χ1n) is 11.7. The molecule has 1 heterocycles. The molecule has 0 N–H and O–H groups in total. The highest BCUT2D eigenvalue weighted by molar-refractivity contribution is 7.90. The molecule has 1 aliphatic carbocycles. The lowest BCUT2D eigenvalue weighted by Gasteiger charge is -2.20. The van der Waals surface area contributed by atoms with Crippen LogP contribution < -0.4 is 5.44 Å². The lowest BCUT2D eigenvalue weighted by molar-refractivity contribution is -0.120. The molecular formula is C24H33N2O6PS. The van der Waals surface area contributed by atoms with Crippen LogP contribution in [0.2, 0.25) is 0 Å². The van der Waals surface area contributed by atoms with Gasteiger partial charge in [0.15, 0.2) is 15.3 Å². The van der Waals surface area contributed by atoms with Crippen molar-refractivity contribution in [1.29, 1.82) is 0 Å². The van der Waals surface area contributed by atoms with Crippen LogP contribution in [0.15, 0.2) is 41.6 Å². The second kappa shape index (κ2) is 11.7. The number of benzene rings is 1. The summed E-state index contributed by atoms with van der Waals surface area (Å²) in [4.78, 5) is 22.1. The Morgan fingerprint density at radius 2 is 1.68 bits per heavy atom. The average molecular weight is 509 g/mol. The number of nitrogens with zero attached hydrogens (tertiary/aromatic N) is 2. The van der Waals surface area contributed by atoms with Crippen molar-refractivity contribution in [2.45, 2.75) is 63.2 Å². The molecule has 1 aromatic carbocycles. The van der Waals surface area contributed by atoms with Gasteiger partial charge in [0.25, 0.3) is 0 Å². The molecular weight excluding hydrogens is 475 g/mol. The van der Waals surface area contributed by atoms with Gasteiger partial charge >= 0.3 is 7.60 Å². The second-order valence-electron chi connectivity index (χ2n) is 8.62. The van der Waals surface area contributed by atoms with Crippen molar-refractivity contribution in [2.75, 3.05) is 19.5 Å². The minimum Gasteiger partial charge on any atom is -0.304 e. The zero-order chi connectivity index (χ0) is 24.8. The molecule has 0 aliphatic heterocycles. The number of aromatic nitrogens is 2. The van der Waals surface area contributed by atoms with Gasteiger partial charge in [-0.25, -0.2) is 13.4 Å². The van der Waals surface area contributed by atoms with Crippen LogP contribution in [0.5, 0.6) is 0 Å². The van der Waals surface area contributed by atoms with E-state index in [0.717, 1.165) is 24.8 Å². The zero-order valence-electron chi connectivity index (χ0n) is 20.0. The zero-order valence-corrected chi connectivity index (χ0v) is 21.7. The molecule has 1 aromatic heterocycles. The standard InChI is InChI=1S/C24H33N2O6PS/c1-4-31-33(28,32-5-2)24-17-25-20(16-26-24)15-23(27)22(14-18-8-6-7-9-18)19-10-12-21(13-11-19)34(3,29)30/h10-13,16-18,22H,4-9,14-15H2,1-3H3/t22-/m1/s1. The van der Waals surface area contributed by atoms with Gasteiger partial charge in [-0.1, -0.05) is 37.8 Å². The summed E-state index contributed by atoms with van der Waals surface area (Å²) in [7, 11) is -6.85. The fourth-order valence-corrected chi connectivity index (χ4v) is 6.42. The molecule has 0 saturated heterocycles. The topological polar surface area (TPSA) is 113 Å². The molecule has 0 unspecified atom stereocenters. The first-order chi connectivity index (χ1) is 16.2. The Morgan fingerprint density at radius 3 is 2.18 bits per heavy atom. The van der Waals surface area contributed by atoms with Crippen LogP contribution in [-0.2, 0) is 34.7 Å². The lowest BCUT2D eigenvalue weighted by atomic mass is 9.83. The number of carbonyl (C=O) groups is 1. The van der Waals surface area contributed by atoms with Crippen LogP contribution in [-0.4, -0.2) is 43.6 Å². The fraction of sp³-hybridized carbons (Fsp3) is 0.542. The Kier molecular flexibility index (Phi) is 9.15. The molecule has 1 atom stereocenters. The van der Waals surface area contributed by atoms with Crippen molar-refractivity contribution in [2.24, 2.45) is 5.92 Å². The largest absolute Gasteiger partial charge is 0.381 e. The van der Waals surface area contributed by atoms with Gasteiger partial charge in [-0.15, -0.1) is 0 Å². The van der Waals surface area contributed by atoms with E-state index in [-0.39, 0.29) is 41.7 Å². The van der Waals surface area contributed by atoms with Crippen LogP contribution in [0.3, 0.4) is 0 Å². The number of ketones is 1. The summed E-state index contributed by atoms with van der Waals surface area (Å²) in [5.41, 5.74) is 1.40. The molecule has 0 bridgehead atoms. The van der Waals surface area contributed by atoms with Gasteiger partial charge in [0.1, 0.15) is 5.78 Å². The summed E-state index contributed by atoms with van der Waals surface area (Å²) in [6.45, 7) is 3.86. The van der Waals surface area contributed by atoms with Crippen molar-refractivity contribution < 1.29 is 26.8 Å². The summed E-state index contributed by atoms with van der Waals surface area (Å²) < 4.78 is 47.1. The number of rotatable bonds is 12. The van der Waals surface area contributed by atoms with Gasteiger partial charge in [-0.05, 0) is 43.9 Å². The first-order valence-corrected chi connectivity index (χ1v) is 15.1. The SMILES string of the molecule is CCOP(=O)(OCC)c1cnc(CC(=O)[C@H](CC2CCCC2)c2ccc(S(C)(=O)=O)cc2)cn1. The minimum atomic E-state index is -3.54. The highest BCUT2D eigenvalue weighted by atomic mass is 32.2. The third kappa shape index (κ3) is 6.81. The summed E-state index contributed by atoms with van der Waals surface area (Å²) in [5.74, 6) is 0.121. The van der Waals surface area contributed by atoms with E-state index in [1.54, 1.807) is 38.1 Å². The highest BCUT2D eigenvalue weighted by Gasteiger charge is 2.30. The molecule has 1 fully saturated rings. The van der Waals surface area contributed by atoms with Crippen LogP contribution in [0.25, 0.3) is 0 Å². The summed E-state index contributed by atoms with van der Waals surface area (Å²) >= 11 is 0. The van der Waals surface area contributed by atoms with E-state index in [1.165, 1.54) is 31.5 Å². The molecule has 0 radical (unpaired) electrons. The van der Waals surface area contributed by atoms with Crippen molar-refractivity contribution in [1.82, 2.24) is 9.97 Å². The van der Waals surface area contributed by atoms with E-state index in [2.05, 4.69) is 9.97 Å². The summed E-state index contributed by atoms with van der Waals surface area (Å²) in [6, 6.07) is 6.60. The fourth-order valence-electron chi connectivity index (χ4n) is 4.37. The Bertz CT molecular complexity index is 1100. The molecule has 0 amide bonds. The molecule has 8 nitrogen and oxygen atoms in total. The maximum absolute atomic E-state index is 13.4. The van der Waals surface area contributed by atoms with Crippen molar-refractivity contribution in [3.63, 3.8) is 0 Å². The molecule has 10 heteroatoms. The van der Waals surface area contributed by atoms with Crippen molar-refractivity contribution in [3.8, 4) is 0 Å². The van der Waals surface area contributed by atoms with Crippen molar-refractivity contribution in [3.05, 3.63) is 47.9 Å². The maximum atomic E-state index is 13.4. The quantitative estimate of drug-likeness (QED) is 0.391. The smallest absolute Gasteiger partial charge is 0.304 e. The molecule has 3 rings (SSSR count). The van der Waals surface area contributed by atoms with E-state index < -0.39 is 17.4 Å². The van der Waals surface area contributed by atoms with Crippen LogP contribution in [0, 0.1) is 5.92 Å². The summed E-state index contributed by atoms with van der Waals surface area (Å²) in [5, 5.41) is 0. The number of sulfone groups is 1. The van der Waals surface area contributed by atoms with Gasteiger partial charge in [0, 0.05) is 18.4 Å². The van der Waals surface area contributed by atoms with Crippen LogP contribution in [0.4, 0.5) is 0 Å². The second-order valence-corrected chi connectivity index (χ2v) is 12.6. The Hall–Kier alpha value is -1.93. The average Bonchev–Trinajstić information content (AvgIpc) is 3.31. The predicted molar refractivity (Wildman–Crippen MR) is 130 cm³/mol. The molecule has 1 saturated carbocycles. The number of hydrogen-bond acceptors (Lipinski definition) is 8. The van der Waals surface area contributed by atoms with Gasteiger partial charge in [-0.2, -0.15) is 0 Å². The molecule has 2 aromatic rings. The van der Waals surface area contributed by atoms with Crippen LogP contribution >= 0.6 is 7.60 Å². The van der Waals surface area contributed by atoms with Gasteiger partial charge in [0.2, 0.25) is 0 Å². The monoisotopic (exact) mass is 508 g/mol. The summed E-state index contributed by atoms with van der Waals surface area (Å²) in [6.07, 6.45) is 9.31. The Labute approximate surface area is 202 Å². The van der Waals surface area contributed by atoms with Gasteiger partial charge in [-0.3, -0.25) is 14.3 Å². The maximum Gasteiger partial charge on any atom is 0.381 e. The van der Waals surface area contributed by atoms with E-state index in [0.29, 0.717) is 11.6 Å². The molecule has 0 spiro atoms. The van der Waals surface area contributed by atoms with Gasteiger partial charge < -0.3 is 9.05 Å². The highest BCUT2D eigenvalue weighted by Crippen LogP contribution is 2.45. The van der Waals surface area contributed by atoms with E-state index in [9.17, 15) is 17.8 Å². The first kappa shape index (κ1) is 26.7. The predicted octanol–water partition coefficient (Wildman–Crippen LogP) is 4.25. The minimum absolute atomic E-state index is 0.00106. The Morgan fingerprint density at radius 1 is 1.06 bits per heavy atom. The Balaban J connectivity index is 1.80. The van der Waals surface area contributed by atoms with Crippen LogP contribution in [0.1, 0.15) is 63.1 Å². The normalized spacial score (nSPS) is 16.0. The van der Waals surface area contributed by atoms with E-state index in [4.69, 9.17) is 9.05 Å². The third-order valence-corrected chi connectivity index (χ3v) is 9.19. The number of Topliss-reactive ketones (excluding diaryl/α,β-unsaturated/α-hetero) is 1. The van der Waals surface area contributed by atoms with E-state index in [1.807, 2.05) is 0 Å². The van der Waals surface area contributed by atoms with Crippen molar-refractivity contribution >= 4 is 28.7 Å². The molecule has 186 valence electrons. The van der Waals surface area contributed by atoms with E-state index >= 15 is 0 Å². The lowest BCUT2D eigenvalue weighted by Crippen LogP contribution is -2.20. The van der Waals surface area contributed by atoms with Gasteiger partial charge in [0.05, 0.1) is 36.4 Å². The molecule has 34 heavy (non-hydrogen) atoms.